The fraction of sp³-hybridized carbons (Fsp3) is 0.294. The van der Waals surface area contributed by atoms with Crippen molar-refractivity contribution in [1.82, 2.24) is 5.32 Å². The number of anilines is 1. The molecular formula is C17H20N2O. The molecule has 0 radical (unpaired) electrons. The Morgan fingerprint density at radius 2 is 1.90 bits per heavy atom. The van der Waals surface area contributed by atoms with Crippen LogP contribution in [0.15, 0.2) is 42.5 Å². The van der Waals surface area contributed by atoms with Crippen molar-refractivity contribution in [3.63, 3.8) is 0 Å². The molecule has 0 spiro atoms. The van der Waals surface area contributed by atoms with Gasteiger partial charge in [-0.15, -0.1) is 0 Å². The Kier molecular flexibility index (Phi) is 3.88. The molecule has 1 aliphatic rings. The van der Waals surface area contributed by atoms with E-state index < -0.39 is 0 Å². The molecule has 0 unspecified atom stereocenters. The number of para-hydroxylation sites is 1. The van der Waals surface area contributed by atoms with Crippen molar-refractivity contribution in [2.75, 3.05) is 11.9 Å². The monoisotopic (exact) mass is 268 g/mol. The summed E-state index contributed by atoms with van der Waals surface area (Å²) < 4.78 is 0. The normalized spacial score (nSPS) is 13.6. The van der Waals surface area contributed by atoms with Gasteiger partial charge in [-0.05, 0) is 41.7 Å². The molecule has 1 aliphatic heterocycles. The smallest absolute Gasteiger partial charge is 0.115 e. The van der Waals surface area contributed by atoms with Crippen LogP contribution >= 0.6 is 0 Å². The molecule has 0 aliphatic carbocycles. The molecular weight excluding hydrogens is 248 g/mol. The maximum atomic E-state index is 9.26. The van der Waals surface area contributed by atoms with Gasteiger partial charge in [0.25, 0.3) is 0 Å². The summed E-state index contributed by atoms with van der Waals surface area (Å²) in [5.41, 5.74) is 5.26. The number of phenols is 1. The number of aryl methyl sites for hydroxylation is 1. The van der Waals surface area contributed by atoms with Crippen molar-refractivity contribution < 1.29 is 5.11 Å². The summed E-state index contributed by atoms with van der Waals surface area (Å²) in [6.45, 7) is 2.74. The minimum Gasteiger partial charge on any atom is -0.508 e. The third-order valence-corrected chi connectivity index (χ3v) is 3.74. The summed E-state index contributed by atoms with van der Waals surface area (Å²) in [4.78, 5) is 0. The van der Waals surface area contributed by atoms with Gasteiger partial charge >= 0.3 is 0 Å². The van der Waals surface area contributed by atoms with E-state index in [1.165, 1.54) is 35.2 Å². The van der Waals surface area contributed by atoms with E-state index in [9.17, 15) is 5.11 Å². The highest BCUT2D eigenvalue weighted by Gasteiger charge is 2.11. The van der Waals surface area contributed by atoms with E-state index in [0.29, 0.717) is 5.75 Å². The average molecular weight is 268 g/mol. The highest BCUT2D eigenvalue weighted by atomic mass is 16.3. The van der Waals surface area contributed by atoms with Crippen LogP contribution in [0.25, 0.3) is 0 Å². The molecule has 1 heterocycles. The van der Waals surface area contributed by atoms with Crippen molar-refractivity contribution >= 4 is 5.69 Å². The van der Waals surface area contributed by atoms with Crippen molar-refractivity contribution in [3.05, 3.63) is 59.2 Å². The van der Waals surface area contributed by atoms with Gasteiger partial charge in [-0.25, -0.2) is 0 Å². The second-order valence-corrected chi connectivity index (χ2v) is 5.25. The maximum absolute atomic E-state index is 9.26. The molecule has 0 fully saturated rings. The molecule has 0 bridgehead atoms. The third-order valence-electron chi connectivity index (χ3n) is 3.74. The zero-order valence-corrected chi connectivity index (χ0v) is 11.5. The molecule has 0 atom stereocenters. The van der Waals surface area contributed by atoms with E-state index >= 15 is 0 Å². The zero-order valence-electron chi connectivity index (χ0n) is 11.5. The van der Waals surface area contributed by atoms with E-state index in [1.54, 1.807) is 12.1 Å². The summed E-state index contributed by atoms with van der Waals surface area (Å²) in [5.74, 6) is 0.315. The minimum absolute atomic E-state index is 0.315. The summed E-state index contributed by atoms with van der Waals surface area (Å²) in [5, 5.41) is 16.2. The Hall–Kier alpha value is -2.00. The molecule has 104 valence electrons. The SMILES string of the molecule is Oc1ccc(CNCc2cccc3c2NCCC3)cc1. The summed E-state index contributed by atoms with van der Waals surface area (Å²) >= 11 is 0. The molecule has 0 saturated heterocycles. The van der Waals surface area contributed by atoms with Gasteiger partial charge < -0.3 is 15.7 Å². The number of phenolic OH excluding ortho intramolecular Hbond substituents is 1. The van der Waals surface area contributed by atoms with Crippen LogP contribution in [0, 0.1) is 0 Å². The standard InChI is InChI=1S/C17H20N2O/c20-16-8-6-13(7-9-16)11-18-12-15-4-1-3-14-5-2-10-19-17(14)15/h1,3-4,6-9,18-20H,2,5,10-12H2. The predicted molar refractivity (Wildman–Crippen MR) is 81.9 cm³/mol. The lowest BCUT2D eigenvalue weighted by molar-refractivity contribution is 0.475. The summed E-state index contributed by atoms with van der Waals surface area (Å²) in [7, 11) is 0. The fourth-order valence-electron chi connectivity index (χ4n) is 2.68. The second kappa shape index (κ2) is 5.97. The maximum Gasteiger partial charge on any atom is 0.115 e. The number of hydrogen-bond donors (Lipinski definition) is 3. The first kappa shape index (κ1) is 13.0. The lowest BCUT2D eigenvalue weighted by atomic mass is 9.99. The molecule has 2 aromatic carbocycles. The average Bonchev–Trinajstić information content (AvgIpc) is 2.49. The number of nitrogens with one attached hydrogen (secondary N) is 2. The van der Waals surface area contributed by atoms with Gasteiger partial charge in [-0.1, -0.05) is 30.3 Å². The van der Waals surface area contributed by atoms with Gasteiger partial charge in [-0.3, -0.25) is 0 Å². The fourth-order valence-corrected chi connectivity index (χ4v) is 2.68. The molecule has 0 amide bonds. The van der Waals surface area contributed by atoms with Crippen molar-refractivity contribution in [2.45, 2.75) is 25.9 Å². The van der Waals surface area contributed by atoms with Crippen LogP contribution in [-0.2, 0) is 19.5 Å². The number of hydrogen-bond acceptors (Lipinski definition) is 3. The van der Waals surface area contributed by atoms with E-state index in [2.05, 4.69) is 28.8 Å². The van der Waals surface area contributed by atoms with Crippen LogP contribution in [0.1, 0.15) is 23.1 Å². The van der Waals surface area contributed by atoms with Crippen LogP contribution in [0.4, 0.5) is 5.69 Å². The lowest BCUT2D eigenvalue weighted by Crippen LogP contribution is -2.18. The Morgan fingerprint density at radius 3 is 2.75 bits per heavy atom. The number of benzene rings is 2. The van der Waals surface area contributed by atoms with E-state index in [1.807, 2.05) is 12.1 Å². The molecule has 3 N–H and O–H groups in total. The van der Waals surface area contributed by atoms with Gasteiger partial charge in [0, 0.05) is 25.3 Å². The molecule has 20 heavy (non-hydrogen) atoms. The van der Waals surface area contributed by atoms with E-state index in [-0.39, 0.29) is 0 Å². The summed E-state index contributed by atoms with van der Waals surface area (Å²) in [6.07, 6.45) is 2.39. The first-order chi connectivity index (χ1) is 9.83. The molecule has 2 aromatic rings. The van der Waals surface area contributed by atoms with Crippen molar-refractivity contribution in [2.24, 2.45) is 0 Å². The quantitative estimate of drug-likeness (QED) is 0.798. The molecule has 3 heteroatoms. The molecule has 0 saturated carbocycles. The van der Waals surface area contributed by atoms with Gasteiger partial charge in [0.05, 0.1) is 0 Å². The van der Waals surface area contributed by atoms with Gasteiger partial charge in [0.15, 0.2) is 0 Å². The Morgan fingerprint density at radius 1 is 1.05 bits per heavy atom. The van der Waals surface area contributed by atoms with Crippen LogP contribution in [0.3, 0.4) is 0 Å². The topological polar surface area (TPSA) is 44.3 Å². The summed E-state index contributed by atoms with van der Waals surface area (Å²) in [6, 6.07) is 13.9. The molecule has 3 nitrogen and oxygen atoms in total. The highest BCUT2D eigenvalue weighted by Crippen LogP contribution is 2.25. The Balaban J connectivity index is 1.62. The largest absolute Gasteiger partial charge is 0.508 e. The highest BCUT2D eigenvalue weighted by molar-refractivity contribution is 5.59. The molecule has 0 aromatic heterocycles. The zero-order chi connectivity index (χ0) is 13.8. The van der Waals surface area contributed by atoms with Crippen LogP contribution < -0.4 is 10.6 Å². The first-order valence-corrected chi connectivity index (χ1v) is 7.16. The second-order valence-electron chi connectivity index (χ2n) is 5.25. The molecule has 3 rings (SSSR count). The van der Waals surface area contributed by atoms with Crippen LogP contribution in [0.2, 0.25) is 0 Å². The van der Waals surface area contributed by atoms with Gasteiger partial charge in [0.2, 0.25) is 0 Å². The predicted octanol–water partition coefficient (Wildman–Crippen LogP) is 3.04. The minimum atomic E-state index is 0.315. The van der Waals surface area contributed by atoms with Crippen LogP contribution in [-0.4, -0.2) is 11.7 Å². The van der Waals surface area contributed by atoms with Crippen molar-refractivity contribution in [1.29, 1.82) is 0 Å². The van der Waals surface area contributed by atoms with Crippen molar-refractivity contribution in [3.8, 4) is 5.75 Å². The number of aromatic hydroxyl groups is 1. The van der Waals surface area contributed by atoms with E-state index in [0.717, 1.165) is 19.6 Å². The Bertz CT molecular complexity index is 578. The van der Waals surface area contributed by atoms with Gasteiger partial charge in [0.1, 0.15) is 5.75 Å². The first-order valence-electron chi connectivity index (χ1n) is 7.16. The lowest BCUT2D eigenvalue weighted by Gasteiger charge is -2.21. The number of fused-ring (bicyclic) bond motifs is 1. The third kappa shape index (κ3) is 2.94. The van der Waals surface area contributed by atoms with Crippen LogP contribution in [0.5, 0.6) is 5.75 Å². The van der Waals surface area contributed by atoms with Gasteiger partial charge in [-0.2, -0.15) is 0 Å². The Labute approximate surface area is 119 Å². The van der Waals surface area contributed by atoms with E-state index in [4.69, 9.17) is 0 Å². The number of rotatable bonds is 4.